The maximum atomic E-state index is 12.3. The minimum atomic E-state index is -0.157. The van der Waals surface area contributed by atoms with E-state index >= 15 is 0 Å². The van der Waals surface area contributed by atoms with Crippen molar-refractivity contribution in [3.63, 3.8) is 0 Å². The van der Waals surface area contributed by atoms with Crippen molar-refractivity contribution >= 4 is 23.2 Å². The van der Waals surface area contributed by atoms with Gasteiger partial charge in [0.25, 0.3) is 5.91 Å². The SMILES string of the molecule is CNC(=O)c1ccc(NC(=O)CN2CCN(c3ccccc3O)CC2)cc1. The van der Waals surface area contributed by atoms with Crippen LogP contribution in [0, 0.1) is 0 Å². The first-order valence-electron chi connectivity index (χ1n) is 8.94. The van der Waals surface area contributed by atoms with Crippen LogP contribution in [0.15, 0.2) is 48.5 Å². The fraction of sp³-hybridized carbons (Fsp3) is 0.300. The zero-order valence-electron chi connectivity index (χ0n) is 15.3. The summed E-state index contributed by atoms with van der Waals surface area (Å²) in [4.78, 5) is 28.0. The van der Waals surface area contributed by atoms with Crippen LogP contribution in [0.2, 0.25) is 0 Å². The van der Waals surface area contributed by atoms with E-state index in [9.17, 15) is 14.7 Å². The molecule has 27 heavy (non-hydrogen) atoms. The van der Waals surface area contributed by atoms with Crippen molar-refractivity contribution in [2.24, 2.45) is 0 Å². The van der Waals surface area contributed by atoms with Gasteiger partial charge < -0.3 is 20.6 Å². The summed E-state index contributed by atoms with van der Waals surface area (Å²) >= 11 is 0. The van der Waals surface area contributed by atoms with Crippen LogP contribution in [0.1, 0.15) is 10.4 Å². The number of para-hydroxylation sites is 2. The number of phenols is 1. The Kier molecular flexibility index (Phi) is 5.93. The Morgan fingerprint density at radius 2 is 1.67 bits per heavy atom. The normalized spacial score (nSPS) is 14.6. The number of phenolic OH excluding ortho intramolecular Hbond substituents is 1. The quantitative estimate of drug-likeness (QED) is 0.745. The van der Waals surface area contributed by atoms with E-state index in [0.29, 0.717) is 17.8 Å². The molecular weight excluding hydrogens is 344 g/mol. The van der Waals surface area contributed by atoms with Crippen molar-refractivity contribution in [2.45, 2.75) is 0 Å². The Labute approximate surface area is 158 Å². The van der Waals surface area contributed by atoms with Crippen LogP contribution in [0.4, 0.5) is 11.4 Å². The number of anilines is 2. The van der Waals surface area contributed by atoms with Crippen LogP contribution in [0.25, 0.3) is 0 Å². The van der Waals surface area contributed by atoms with Gasteiger partial charge in [0, 0.05) is 44.5 Å². The highest BCUT2D eigenvalue weighted by atomic mass is 16.3. The van der Waals surface area contributed by atoms with Gasteiger partial charge in [0.2, 0.25) is 5.91 Å². The second-order valence-electron chi connectivity index (χ2n) is 6.46. The van der Waals surface area contributed by atoms with E-state index in [1.54, 1.807) is 43.4 Å². The van der Waals surface area contributed by atoms with Crippen LogP contribution < -0.4 is 15.5 Å². The second-order valence-corrected chi connectivity index (χ2v) is 6.46. The van der Waals surface area contributed by atoms with E-state index in [1.807, 2.05) is 12.1 Å². The van der Waals surface area contributed by atoms with Gasteiger partial charge in [0.1, 0.15) is 5.75 Å². The summed E-state index contributed by atoms with van der Waals surface area (Å²) in [5, 5.41) is 15.4. The third kappa shape index (κ3) is 4.77. The van der Waals surface area contributed by atoms with Gasteiger partial charge in [-0.2, -0.15) is 0 Å². The average Bonchev–Trinajstić information content (AvgIpc) is 2.69. The van der Waals surface area contributed by atoms with Gasteiger partial charge in [0.05, 0.1) is 12.2 Å². The Balaban J connectivity index is 1.48. The van der Waals surface area contributed by atoms with Gasteiger partial charge in [-0.05, 0) is 36.4 Å². The summed E-state index contributed by atoms with van der Waals surface area (Å²) in [5.74, 6) is 0.0396. The molecule has 2 aromatic rings. The molecule has 0 atom stereocenters. The van der Waals surface area contributed by atoms with Gasteiger partial charge in [0.15, 0.2) is 0 Å². The predicted octanol–water partition coefficient (Wildman–Crippen LogP) is 1.51. The number of rotatable bonds is 5. The molecule has 2 amide bonds. The number of carbonyl (C=O) groups excluding carboxylic acids is 2. The lowest BCUT2D eigenvalue weighted by Crippen LogP contribution is -2.48. The molecule has 7 heteroatoms. The summed E-state index contributed by atoms with van der Waals surface area (Å²) in [6.45, 7) is 3.32. The van der Waals surface area contributed by atoms with E-state index in [-0.39, 0.29) is 17.6 Å². The monoisotopic (exact) mass is 368 g/mol. The van der Waals surface area contributed by atoms with Crippen molar-refractivity contribution in [3.05, 3.63) is 54.1 Å². The second kappa shape index (κ2) is 8.55. The molecule has 1 heterocycles. The Morgan fingerprint density at radius 1 is 1.00 bits per heavy atom. The highest BCUT2D eigenvalue weighted by molar-refractivity contribution is 5.96. The Morgan fingerprint density at radius 3 is 2.30 bits per heavy atom. The van der Waals surface area contributed by atoms with Crippen molar-refractivity contribution in [3.8, 4) is 5.75 Å². The zero-order chi connectivity index (χ0) is 19.2. The average molecular weight is 368 g/mol. The van der Waals surface area contributed by atoms with E-state index in [2.05, 4.69) is 20.4 Å². The number of amides is 2. The lowest BCUT2D eigenvalue weighted by Gasteiger charge is -2.35. The number of carbonyl (C=O) groups is 2. The molecule has 0 aliphatic carbocycles. The molecule has 3 rings (SSSR count). The topological polar surface area (TPSA) is 84.9 Å². The van der Waals surface area contributed by atoms with E-state index < -0.39 is 0 Å². The smallest absolute Gasteiger partial charge is 0.251 e. The van der Waals surface area contributed by atoms with E-state index in [4.69, 9.17) is 0 Å². The van der Waals surface area contributed by atoms with Gasteiger partial charge in [-0.25, -0.2) is 0 Å². The molecule has 142 valence electrons. The predicted molar refractivity (Wildman–Crippen MR) is 105 cm³/mol. The first kappa shape index (κ1) is 18.7. The van der Waals surface area contributed by atoms with Crippen LogP contribution in [-0.2, 0) is 4.79 Å². The van der Waals surface area contributed by atoms with Crippen LogP contribution in [0.5, 0.6) is 5.75 Å². The number of hydrogen-bond donors (Lipinski definition) is 3. The molecule has 1 aliphatic rings. The molecule has 7 nitrogen and oxygen atoms in total. The molecule has 0 radical (unpaired) electrons. The molecule has 0 spiro atoms. The van der Waals surface area contributed by atoms with E-state index in [0.717, 1.165) is 31.9 Å². The minimum Gasteiger partial charge on any atom is -0.506 e. The van der Waals surface area contributed by atoms with Crippen molar-refractivity contribution < 1.29 is 14.7 Å². The third-order valence-electron chi connectivity index (χ3n) is 4.62. The summed E-state index contributed by atoms with van der Waals surface area (Å²) in [7, 11) is 1.58. The van der Waals surface area contributed by atoms with Gasteiger partial charge in [-0.3, -0.25) is 14.5 Å². The summed E-state index contributed by atoms with van der Waals surface area (Å²) in [6, 6.07) is 14.1. The lowest BCUT2D eigenvalue weighted by molar-refractivity contribution is -0.117. The van der Waals surface area contributed by atoms with Gasteiger partial charge in [-0.15, -0.1) is 0 Å². The van der Waals surface area contributed by atoms with Crippen LogP contribution in [-0.4, -0.2) is 61.6 Å². The molecule has 0 saturated carbocycles. The number of nitrogens with zero attached hydrogens (tertiary/aromatic N) is 2. The Hall–Kier alpha value is -3.06. The largest absolute Gasteiger partial charge is 0.506 e. The fourth-order valence-corrected chi connectivity index (χ4v) is 3.13. The summed E-state index contributed by atoms with van der Waals surface area (Å²) < 4.78 is 0. The molecule has 0 bridgehead atoms. The van der Waals surface area contributed by atoms with Gasteiger partial charge >= 0.3 is 0 Å². The lowest BCUT2D eigenvalue weighted by atomic mass is 10.2. The first-order valence-corrected chi connectivity index (χ1v) is 8.94. The molecule has 1 saturated heterocycles. The molecule has 0 aromatic heterocycles. The fourth-order valence-electron chi connectivity index (χ4n) is 3.13. The molecular formula is C20H24N4O3. The van der Waals surface area contributed by atoms with Crippen molar-refractivity contribution in [1.29, 1.82) is 0 Å². The zero-order valence-corrected chi connectivity index (χ0v) is 15.3. The van der Waals surface area contributed by atoms with Gasteiger partial charge in [-0.1, -0.05) is 12.1 Å². The Bertz CT molecular complexity index is 799. The molecule has 1 aliphatic heterocycles. The highest BCUT2D eigenvalue weighted by Gasteiger charge is 2.20. The van der Waals surface area contributed by atoms with Crippen molar-refractivity contribution in [2.75, 3.05) is 50.0 Å². The first-order chi connectivity index (χ1) is 13.1. The number of aromatic hydroxyl groups is 1. The number of hydrogen-bond acceptors (Lipinski definition) is 5. The van der Waals surface area contributed by atoms with Crippen LogP contribution >= 0.6 is 0 Å². The number of piperazine rings is 1. The molecule has 2 aromatic carbocycles. The third-order valence-corrected chi connectivity index (χ3v) is 4.62. The standard InChI is InChI=1S/C20H24N4O3/c1-21-20(27)15-6-8-16(9-7-15)22-19(26)14-23-10-12-24(13-11-23)17-4-2-3-5-18(17)25/h2-9,25H,10-14H2,1H3,(H,21,27)(H,22,26). The van der Waals surface area contributed by atoms with Crippen molar-refractivity contribution in [1.82, 2.24) is 10.2 Å². The molecule has 0 unspecified atom stereocenters. The minimum absolute atomic E-state index is 0.0845. The summed E-state index contributed by atoms with van der Waals surface area (Å²) in [5.41, 5.74) is 2.05. The van der Waals surface area contributed by atoms with Crippen LogP contribution in [0.3, 0.4) is 0 Å². The maximum absolute atomic E-state index is 12.3. The number of benzene rings is 2. The number of nitrogens with one attached hydrogen (secondary N) is 2. The molecule has 1 fully saturated rings. The maximum Gasteiger partial charge on any atom is 0.251 e. The summed E-state index contributed by atoms with van der Waals surface area (Å²) in [6.07, 6.45) is 0. The highest BCUT2D eigenvalue weighted by Crippen LogP contribution is 2.27. The molecule has 3 N–H and O–H groups in total. The van der Waals surface area contributed by atoms with E-state index in [1.165, 1.54) is 0 Å².